The minimum atomic E-state index is -0.341. The van der Waals surface area contributed by atoms with E-state index in [4.69, 9.17) is 10.00 Å². The SMILES string of the molecule is CCNC(=NCc1cc(C#N)ccc1F)NC1CC2CCC1O2.I. The van der Waals surface area contributed by atoms with Gasteiger partial charge in [0.2, 0.25) is 0 Å². The number of ether oxygens (including phenoxy) is 1. The number of fused-ring (bicyclic) bond motifs is 2. The Morgan fingerprint density at radius 2 is 2.29 bits per heavy atom. The van der Waals surface area contributed by atoms with Gasteiger partial charge in [-0.25, -0.2) is 9.38 Å². The van der Waals surface area contributed by atoms with E-state index in [-0.39, 0.29) is 48.5 Å². The maximum Gasteiger partial charge on any atom is 0.191 e. The molecule has 0 aliphatic carbocycles. The van der Waals surface area contributed by atoms with E-state index in [0.29, 0.717) is 23.2 Å². The molecule has 7 heteroatoms. The molecule has 0 spiro atoms. The highest BCUT2D eigenvalue weighted by Gasteiger charge is 2.41. The van der Waals surface area contributed by atoms with Gasteiger partial charge in [0.15, 0.2) is 5.96 Å². The van der Waals surface area contributed by atoms with Crippen molar-refractivity contribution in [1.29, 1.82) is 5.26 Å². The van der Waals surface area contributed by atoms with Gasteiger partial charge in [-0.3, -0.25) is 0 Å². The van der Waals surface area contributed by atoms with Crippen LogP contribution in [0.25, 0.3) is 0 Å². The lowest BCUT2D eigenvalue weighted by atomic mass is 9.96. The van der Waals surface area contributed by atoms with E-state index in [1.807, 2.05) is 13.0 Å². The average Bonchev–Trinajstić information content (AvgIpc) is 3.17. The Kier molecular flexibility index (Phi) is 6.80. The number of hydrogen-bond acceptors (Lipinski definition) is 3. The van der Waals surface area contributed by atoms with E-state index in [0.717, 1.165) is 25.8 Å². The van der Waals surface area contributed by atoms with Gasteiger partial charge in [0.1, 0.15) is 5.82 Å². The maximum absolute atomic E-state index is 13.8. The number of nitriles is 1. The maximum atomic E-state index is 13.8. The molecule has 24 heavy (non-hydrogen) atoms. The van der Waals surface area contributed by atoms with Crippen LogP contribution < -0.4 is 10.6 Å². The van der Waals surface area contributed by atoms with Crippen molar-refractivity contribution in [2.75, 3.05) is 6.54 Å². The molecular weight excluding hydrogens is 422 g/mol. The Bertz CT molecular complexity index is 646. The fourth-order valence-corrected chi connectivity index (χ4v) is 3.22. The molecule has 3 unspecified atom stereocenters. The highest BCUT2D eigenvalue weighted by atomic mass is 127. The number of hydrogen-bond donors (Lipinski definition) is 2. The minimum absolute atomic E-state index is 0. The summed E-state index contributed by atoms with van der Waals surface area (Å²) in [5.41, 5.74) is 0.863. The van der Waals surface area contributed by atoms with Gasteiger partial charge in [0, 0.05) is 12.1 Å². The molecule has 2 fully saturated rings. The topological polar surface area (TPSA) is 69.4 Å². The van der Waals surface area contributed by atoms with Crippen molar-refractivity contribution >= 4 is 29.9 Å². The summed E-state index contributed by atoms with van der Waals surface area (Å²) in [7, 11) is 0. The molecule has 2 N–H and O–H groups in total. The number of rotatable bonds is 4. The first-order valence-electron chi connectivity index (χ1n) is 8.08. The van der Waals surface area contributed by atoms with E-state index < -0.39 is 0 Å². The Morgan fingerprint density at radius 1 is 1.46 bits per heavy atom. The van der Waals surface area contributed by atoms with Gasteiger partial charge in [-0.2, -0.15) is 5.26 Å². The fraction of sp³-hybridized carbons (Fsp3) is 0.529. The van der Waals surface area contributed by atoms with Crippen LogP contribution >= 0.6 is 24.0 Å². The Morgan fingerprint density at radius 3 is 2.92 bits per heavy atom. The summed E-state index contributed by atoms with van der Waals surface area (Å²) in [6, 6.07) is 6.62. The molecule has 0 saturated carbocycles. The van der Waals surface area contributed by atoms with Crippen LogP contribution in [-0.4, -0.2) is 30.8 Å². The van der Waals surface area contributed by atoms with Crippen molar-refractivity contribution in [3.05, 3.63) is 35.1 Å². The second-order valence-corrected chi connectivity index (χ2v) is 5.97. The summed E-state index contributed by atoms with van der Waals surface area (Å²) in [5, 5.41) is 15.5. The first-order chi connectivity index (χ1) is 11.2. The third kappa shape index (κ3) is 4.36. The van der Waals surface area contributed by atoms with Crippen molar-refractivity contribution in [2.45, 2.75) is 51.0 Å². The summed E-state index contributed by atoms with van der Waals surface area (Å²) < 4.78 is 19.7. The van der Waals surface area contributed by atoms with E-state index in [1.54, 1.807) is 6.07 Å². The van der Waals surface area contributed by atoms with Gasteiger partial charge in [0.25, 0.3) is 0 Å². The third-order valence-electron chi connectivity index (χ3n) is 4.35. The third-order valence-corrected chi connectivity index (χ3v) is 4.35. The van der Waals surface area contributed by atoms with E-state index in [9.17, 15) is 4.39 Å². The zero-order valence-electron chi connectivity index (χ0n) is 13.6. The predicted molar refractivity (Wildman–Crippen MR) is 101 cm³/mol. The Hall–Kier alpha value is -1.40. The number of nitrogens with one attached hydrogen (secondary N) is 2. The molecule has 3 atom stereocenters. The largest absolute Gasteiger partial charge is 0.373 e. The Labute approximate surface area is 158 Å². The second-order valence-electron chi connectivity index (χ2n) is 5.97. The van der Waals surface area contributed by atoms with E-state index in [2.05, 4.69) is 15.6 Å². The van der Waals surface area contributed by atoms with Crippen LogP contribution in [0.15, 0.2) is 23.2 Å². The molecule has 3 rings (SSSR count). The van der Waals surface area contributed by atoms with E-state index >= 15 is 0 Å². The van der Waals surface area contributed by atoms with Crippen LogP contribution in [0, 0.1) is 17.1 Å². The highest BCUT2D eigenvalue weighted by Crippen LogP contribution is 2.34. The molecule has 2 aliphatic rings. The first kappa shape index (κ1) is 18.9. The lowest BCUT2D eigenvalue weighted by Crippen LogP contribution is -2.47. The Balaban J connectivity index is 0.00000208. The monoisotopic (exact) mass is 444 g/mol. The smallest absolute Gasteiger partial charge is 0.191 e. The molecule has 0 aromatic heterocycles. The first-order valence-corrected chi connectivity index (χ1v) is 8.08. The van der Waals surface area contributed by atoms with Crippen LogP contribution in [0.2, 0.25) is 0 Å². The van der Waals surface area contributed by atoms with Gasteiger partial charge in [-0.05, 0) is 44.4 Å². The van der Waals surface area contributed by atoms with Crippen molar-refractivity contribution in [3.8, 4) is 6.07 Å². The highest BCUT2D eigenvalue weighted by molar-refractivity contribution is 14.0. The predicted octanol–water partition coefficient (Wildman–Crippen LogP) is 2.69. The van der Waals surface area contributed by atoms with Crippen LogP contribution in [0.1, 0.15) is 37.3 Å². The molecule has 0 radical (unpaired) electrons. The molecule has 2 heterocycles. The number of aliphatic imine (C=N–C) groups is 1. The van der Waals surface area contributed by atoms with Crippen LogP contribution in [-0.2, 0) is 11.3 Å². The summed E-state index contributed by atoms with van der Waals surface area (Å²) >= 11 is 0. The zero-order valence-corrected chi connectivity index (χ0v) is 15.9. The van der Waals surface area contributed by atoms with Crippen LogP contribution in [0.3, 0.4) is 0 Å². The molecule has 0 amide bonds. The quantitative estimate of drug-likeness (QED) is 0.426. The molecule has 5 nitrogen and oxygen atoms in total. The molecule has 130 valence electrons. The van der Waals surface area contributed by atoms with E-state index in [1.165, 1.54) is 12.1 Å². The molecule has 1 aromatic rings. The van der Waals surface area contributed by atoms with Crippen LogP contribution in [0.4, 0.5) is 4.39 Å². The molecular formula is C17H22FIN4O. The molecule has 1 aromatic carbocycles. The van der Waals surface area contributed by atoms with Gasteiger partial charge in [-0.1, -0.05) is 0 Å². The van der Waals surface area contributed by atoms with Crippen molar-refractivity contribution in [2.24, 2.45) is 4.99 Å². The molecule has 2 aliphatic heterocycles. The average molecular weight is 444 g/mol. The fourth-order valence-electron chi connectivity index (χ4n) is 3.22. The standard InChI is InChI=1S/C17H21FN4O.HI/c1-2-20-17(22-15-8-13-4-6-16(15)23-13)21-10-12-7-11(9-19)3-5-14(12)18;/h3,5,7,13,15-16H,2,4,6,8,10H2,1H3,(H2,20,21,22);1H. The van der Waals surface area contributed by atoms with Crippen molar-refractivity contribution < 1.29 is 9.13 Å². The minimum Gasteiger partial charge on any atom is -0.373 e. The normalized spacial score (nSPS) is 25.0. The number of halogens is 2. The van der Waals surface area contributed by atoms with Gasteiger partial charge in [-0.15, -0.1) is 24.0 Å². The lowest BCUT2D eigenvalue weighted by molar-refractivity contribution is 0.0992. The zero-order chi connectivity index (χ0) is 16.2. The number of nitrogens with zero attached hydrogens (tertiary/aromatic N) is 2. The van der Waals surface area contributed by atoms with Gasteiger partial charge in [0.05, 0.1) is 36.4 Å². The molecule has 2 bridgehead atoms. The van der Waals surface area contributed by atoms with Crippen molar-refractivity contribution in [3.63, 3.8) is 0 Å². The lowest BCUT2D eigenvalue weighted by Gasteiger charge is -2.22. The number of guanidine groups is 1. The van der Waals surface area contributed by atoms with Gasteiger partial charge >= 0.3 is 0 Å². The summed E-state index contributed by atoms with van der Waals surface area (Å²) in [6.45, 7) is 2.91. The van der Waals surface area contributed by atoms with Crippen LogP contribution in [0.5, 0.6) is 0 Å². The molecule has 2 saturated heterocycles. The van der Waals surface area contributed by atoms with Crippen molar-refractivity contribution in [1.82, 2.24) is 10.6 Å². The summed E-state index contributed by atoms with van der Waals surface area (Å²) in [6.07, 6.45) is 3.84. The summed E-state index contributed by atoms with van der Waals surface area (Å²) in [4.78, 5) is 4.46. The van der Waals surface area contributed by atoms with Gasteiger partial charge < -0.3 is 15.4 Å². The second kappa shape index (κ2) is 8.62. The number of benzene rings is 1. The summed E-state index contributed by atoms with van der Waals surface area (Å²) in [5.74, 6) is 0.322.